The molecular formula is C9H8BrNO2. The molecule has 0 radical (unpaired) electrons. The maximum atomic E-state index is 11.0. The lowest BCUT2D eigenvalue weighted by atomic mass is 10.3. The number of amides is 1. The molecule has 0 atom stereocenters. The van der Waals surface area contributed by atoms with Crippen molar-refractivity contribution in [3.8, 4) is 5.75 Å². The summed E-state index contributed by atoms with van der Waals surface area (Å²) in [5.41, 5.74) is 0.401. The molecule has 4 heteroatoms. The van der Waals surface area contributed by atoms with Gasteiger partial charge < -0.3 is 10.4 Å². The van der Waals surface area contributed by atoms with Gasteiger partial charge in [0.25, 0.3) is 0 Å². The Hall–Kier alpha value is -1.29. The molecule has 0 unspecified atom stereocenters. The number of benzene rings is 1. The number of rotatable bonds is 2. The Bertz CT molecular complexity index is 336. The van der Waals surface area contributed by atoms with Gasteiger partial charge in [0.2, 0.25) is 5.91 Å². The molecule has 0 aliphatic heterocycles. The average molecular weight is 242 g/mol. The number of carbonyl (C=O) groups excluding carboxylic acids is 1. The molecule has 0 fully saturated rings. The summed E-state index contributed by atoms with van der Waals surface area (Å²) in [6, 6.07) is 6.54. The molecule has 13 heavy (non-hydrogen) atoms. The van der Waals surface area contributed by atoms with E-state index in [0.717, 1.165) is 0 Å². The number of hydrogen-bond donors (Lipinski definition) is 2. The molecule has 1 rings (SSSR count). The molecule has 3 nitrogen and oxygen atoms in total. The van der Waals surface area contributed by atoms with Crippen LogP contribution >= 0.6 is 15.9 Å². The Labute approximate surface area is 84.2 Å². The topological polar surface area (TPSA) is 49.3 Å². The summed E-state index contributed by atoms with van der Waals surface area (Å²) in [6.07, 6.45) is 1.31. The molecule has 0 spiro atoms. The lowest BCUT2D eigenvalue weighted by Gasteiger charge is -2.03. The third kappa shape index (κ3) is 2.91. The van der Waals surface area contributed by atoms with E-state index in [1.165, 1.54) is 17.1 Å². The summed E-state index contributed by atoms with van der Waals surface area (Å²) < 4.78 is 0. The quantitative estimate of drug-likeness (QED) is 0.617. The standard InChI is InChI=1S/C9H8BrNO2/c10-6-5-9(13)11-7-3-1-2-4-8(7)12/h1-6,12H,(H,11,13). The number of para-hydroxylation sites is 2. The number of carbonyl (C=O) groups is 1. The van der Waals surface area contributed by atoms with Crippen molar-refractivity contribution in [1.82, 2.24) is 0 Å². The maximum absolute atomic E-state index is 11.0. The molecule has 1 aromatic carbocycles. The number of halogens is 1. The van der Waals surface area contributed by atoms with Gasteiger partial charge >= 0.3 is 0 Å². The van der Waals surface area contributed by atoms with Crippen molar-refractivity contribution in [2.24, 2.45) is 0 Å². The van der Waals surface area contributed by atoms with E-state index < -0.39 is 0 Å². The molecule has 0 saturated heterocycles. The fourth-order valence-electron chi connectivity index (χ4n) is 0.811. The van der Waals surface area contributed by atoms with Gasteiger partial charge in [-0.1, -0.05) is 28.1 Å². The molecular weight excluding hydrogens is 234 g/mol. The van der Waals surface area contributed by atoms with E-state index in [1.54, 1.807) is 18.2 Å². The van der Waals surface area contributed by atoms with E-state index in [-0.39, 0.29) is 11.7 Å². The minimum atomic E-state index is -0.293. The van der Waals surface area contributed by atoms with Crippen LogP contribution in [-0.2, 0) is 4.79 Å². The first-order valence-electron chi connectivity index (χ1n) is 3.60. The van der Waals surface area contributed by atoms with Crippen LogP contribution in [0.15, 0.2) is 35.3 Å². The van der Waals surface area contributed by atoms with E-state index in [4.69, 9.17) is 0 Å². The fourth-order valence-corrected chi connectivity index (χ4v) is 1.05. The van der Waals surface area contributed by atoms with Crippen LogP contribution in [0.3, 0.4) is 0 Å². The van der Waals surface area contributed by atoms with Gasteiger partial charge in [-0.25, -0.2) is 0 Å². The lowest BCUT2D eigenvalue weighted by molar-refractivity contribution is -0.111. The SMILES string of the molecule is O=C(C=CBr)Nc1ccccc1O. The van der Waals surface area contributed by atoms with Crippen LogP contribution in [0.4, 0.5) is 5.69 Å². The maximum Gasteiger partial charge on any atom is 0.248 e. The van der Waals surface area contributed by atoms with Gasteiger partial charge in [0.15, 0.2) is 0 Å². The van der Waals surface area contributed by atoms with Gasteiger partial charge in [-0.05, 0) is 17.1 Å². The summed E-state index contributed by atoms with van der Waals surface area (Å²) in [5, 5.41) is 11.8. The van der Waals surface area contributed by atoms with Crippen molar-refractivity contribution in [3.63, 3.8) is 0 Å². The van der Waals surface area contributed by atoms with Crippen molar-refractivity contribution in [2.75, 3.05) is 5.32 Å². The summed E-state index contributed by atoms with van der Waals surface area (Å²) >= 11 is 2.98. The van der Waals surface area contributed by atoms with Crippen molar-refractivity contribution in [1.29, 1.82) is 0 Å². The number of anilines is 1. The zero-order valence-electron chi connectivity index (χ0n) is 6.70. The van der Waals surface area contributed by atoms with E-state index in [1.807, 2.05) is 0 Å². The van der Waals surface area contributed by atoms with Crippen LogP contribution in [-0.4, -0.2) is 11.0 Å². The van der Waals surface area contributed by atoms with Gasteiger partial charge in [-0.2, -0.15) is 0 Å². The first-order valence-corrected chi connectivity index (χ1v) is 4.51. The highest BCUT2D eigenvalue weighted by Crippen LogP contribution is 2.21. The molecule has 1 aromatic rings. The van der Waals surface area contributed by atoms with Crippen LogP contribution in [0, 0.1) is 0 Å². The van der Waals surface area contributed by atoms with Crippen LogP contribution in [0.2, 0.25) is 0 Å². The van der Waals surface area contributed by atoms with Crippen molar-refractivity contribution in [3.05, 3.63) is 35.3 Å². The molecule has 1 amide bonds. The second-order valence-electron chi connectivity index (χ2n) is 2.30. The summed E-state index contributed by atoms with van der Waals surface area (Å²) in [4.78, 5) is 12.5. The number of phenols is 1. The highest BCUT2D eigenvalue weighted by molar-refractivity contribution is 9.11. The van der Waals surface area contributed by atoms with Gasteiger partial charge in [0, 0.05) is 6.08 Å². The second-order valence-corrected chi connectivity index (χ2v) is 2.83. The lowest BCUT2D eigenvalue weighted by Crippen LogP contribution is -2.07. The highest BCUT2D eigenvalue weighted by atomic mass is 79.9. The summed E-state index contributed by atoms with van der Waals surface area (Å²) in [7, 11) is 0. The molecule has 68 valence electrons. The Morgan fingerprint density at radius 2 is 2.15 bits per heavy atom. The highest BCUT2D eigenvalue weighted by Gasteiger charge is 2.00. The average Bonchev–Trinajstić information content (AvgIpc) is 2.09. The van der Waals surface area contributed by atoms with Crippen LogP contribution in [0.5, 0.6) is 5.75 Å². The minimum Gasteiger partial charge on any atom is -0.506 e. The third-order valence-corrected chi connectivity index (χ3v) is 1.64. The van der Waals surface area contributed by atoms with Gasteiger partial charge in [-0.3, -0.25) is 4.79 Å². The summed E-state index contributed by atoms with van der Waals surface area (Å²) in [5.74, 6) is -0.239. The van der Waals surface area contributed by atoms with Gasteiger partial charge in [0.1, 0.15) is 5.75 Å². The molecule has 0 aromatic heterocycles. The van der Waals surface area contributed by atoms with E-state index >= 15 is 0 Å². The number of phenolic OH excluding ortho intramolecular Hbond substituents is 1. The molecule has 0 aliphatic carbocycles. The molecule has 2 N–H and O–H groups in total. The first-order chi connectivity index (χ1) is 6.24. The smallest absolute Gasteiger partial charge is 0.248 e. The van der Waals surface area contributed by atoms with Crippen LogP contribution in [0.1, 0.15) is 0 Å². The monoisotopic (exact) mass is 241 g/mol. The third-order valence-electron chi connectivity index (χ3n) is 1.38. The zero-order chi connectivity index (χ0) is 9.68. The number of hydrogen-bond acceptors (Lipinski definition) is 2. The number of aromatic hydroxyl groups is 1. The zero-order valence-corrected chi connectivity index (χ0v) is 8.28. The van der Waals surface area contributed by atoms with Crippen LogP contribution < -0.4 is 5.32 Å². The predicted molar refractivity (Wildman–Crippen MR) is 54.8 cm³/mol. The van der Waals surface area contributed by atoms with E-state index in [9.17, 15) is 9.90 Å². The molecule has 0 bridgehead atoms. The largest absolute Gasteiger partial charge is 0.506 e. The molecule has 0 heterocycles. The second kappa shape index (κ2) is 4.67. The Kier molecular flexibility index (Phi) is 3.52. The Morgan fingerprint density at radius 3 is 2.77 bits per heavy atom. The summed E-state index contributed by atoms with van der Waals surface area (Å²) in [6.45, 7) is 0. The Balaban J connectivity index is 2.74. The number of nitrogens with one attached hydrogen (secondary N) is 1. The van der Waals surface area contributed by atoms with Gasteiger partial charge in [0.05, 0.1) is 5.69 Å². The molecule has 0 aliphatic rings. The molecule has 0 saturated carbocycles. The van der Waals surface area contributed by atoms with E-state index in [2.05, 4.69) is 21.2 Å². The fraction of sp³-hybridized carbons (Fsp3) is 0. The van der Waals surface area contributed by atoms with Crippen molar-refractivity contribution >= 4 is 27.5 Å². The van der Waals surface area contributed by atoms with Crippen molar-refractivity contribution < 1.29 is 9.90 Å². The van der Waals surface area contributed by atoms with Crippen LogP contribution in [0.25, 0.3) is 0 Å². The van der Waals surface area contributed by atoms with Crippen molar-refractivity contribution in [2.45, 2.75) is 0 Å². The minimum absolute atomic E-state index is 0.0545. The Morgan fingerprint density at radius 1 is 1.46 bits per heavy atom. The van der Waals surface area contributed by atoms with Gasteiger partial charge in [-0.15, -0.1) is 0 Å². The first kappa shape index (κ1) is 9.80. The van der Waals surface area contributed by atoms with E-state index in [0.29, 0.717) is 5.69 Å². The predicted octanol–water partition coefficient (Wildman–Crippen LogP) is 2.24. The normalized spacial score (nSPS) is 10.2.